The molecule has 2 rings (SSSR count). The Hall–Kier alpha value is -1.00. The number of aromatic amines is 1. The summed E-state index contributed by atoms with van der Waals surface area (Å²) in [6.07, 6.45) is 1.74. The zero-order valence-electron chi connectivity index (χ0n) is 8.67. The van der Waals surface area contributed by atoms with Gasteiger partial charge in [0, 0.05) is 6.20 Å². The Balaban J connectivity index is 2.18. The van der Waals surface area contributed by atoms with Gasteiger partial charge in [-0.05, 0) is 41.1 Å². The van der Waals surface area contributed by atoms with E-state index in [0.29, 0.717) is 5.02 Å². The molecule has 1 unspecified atom stereocenters. The number of nitrogens with one attached hydrogen (secondary N) is 2. The molecule has 0 saturated heterocycles. The fraction of sp³-hybridized carbons (Fsp3) is 0.182. The Morgan fingerprint density at radius 1 is 1.44 bits per heavy atom. The predicted molar refractivity (Wildman–Crippen MR) is 69.8 cm³/mol. The first-order chi connectivity index (χ1) is 7.68. The molecule has 0 radical (unpaired) electrons. The first-order valence-corrected chi connectivity index (χ1v) is 6.05. The van der Waals surface area contributed by atoms with Crippen LogP contribution in [0, 0.1) is 0 Å². The summed E-state index contributed by atoms with van der Waals surface area (Å²) in [5.41, 5.74) is 2.00. The number of halogens is 2. The van der Waals surface area contributed by atoms with Crippen molar-refractivity contribution in [3.63, 3.8) is 0 Å². The Morgan fingerprint density at radius 2 is 2.25 bits per heavy atom. The maximum Gasteiger partial charge on any atom is 0.0651 e. The van der Waals surface area contributed by atoms with Crippen LogP contribution >= 0.6 is 27.5 Å². The molecular formula is C11H11BrClN3. The maximum absolute atomic E-state index is 6.02. The second kappa shape index (κ2) is 4.89. The van der Waals surface area contributed by atoms with E-state index >= 15 is 0 Å². The van der Waals surface area contributed by atoms with Crippen molar-refractivity contribution in [1.82, 2.24) is 10.2 Å². The lowest BCUT2D eigenvalue weighted by atomic mass is 10.2. The molecule has 84 valence electrons. The molecule has 0 aliphatic heterocycles. The van der Waals surface area contributed by atoms with Crippen molar-refractivity contribution in [1.29, 1.82) is 0 Å². The van der Waals surface area contributed by atoms with Crippen LogP contribution in [0.25, 0.3) is 0 Å². The van der Waals surface area contributed by atoms with Crippen LogP contribution in [0.2, 0.25) is 5.02 Å². The molecular weight excluding hydrogens is 289 g/mol. The van der Waals surface area contributed by atoms with Gasteiger partial charge in [0.05, 0.1) is 26.9 Å². The van der Waals surface area contributed by atoms with Crippen LogP contribution in [0.4, 0.5) is 5.69 Å². The monoisotopic (exact) mass is 299 g/mol. The summed E-state index contributed by atoms with van der Waals surface area (Å²) in [4.78, 5) is 0. The first kappa shape index (κ1) is 11.5. The number of anilines is 1. The van der Waals surface area contributed by atoms with Gasteiger partial charge >= 0.3 is 0 Å². The molecule has 0 spiro atoms. The standard InChI is InChI=1S/C11H11BrClN3/c1-7(9-5-6-14-16-9)15-10-4-2-3-8(13)11(10)12/h2-7,15H,1H3,(H,14,16). The molecule has 1 atom stereocenters. The lowest BCUT2D eigenvalue weighted by Gasteiger charge is -2.15. The van der Waals surface area contributed by atoms with Gasteiger partial charge in [-0.2, -0.15) is 5.10 Å². The molecule has 2 N–H and O–H groups in total. The van der Waals surface area contributed by atoms with Crippen molar-refractivity contribution >= 4 is 33.2 Å². The van der Waals surface area contributed by atoms with Crippen molar-refractivity contribution in [3.8, 4) is 0 Å². The summed E-state index contributed by atoms with van der Waals surface area (Å²) in [6.45, 7) is 2.06. The highest BCUT2D eigenvalue weighted by Crippen LogP contribution is 2.31. The minimum atomic E-state index is 0.150. The van der Waals surface area contributed by atoms with Crippen LogP contribution < -0.4 is 5.32 Å². The van der Waals surface area contributed by atoms with Crippen molar-refractivity contribution in [2.24, 2.45) is 0 Å². The molecule has 3 nitrogen and oxygen atoms in total. The fourth-order valence-electron chi connectivity index (χ4n) is 1.43. The van der Waals surface area contributed by atoms with Gasteiger partial charge in [-0.3, -0.25) is 5.10 Å². The highest BCUT2D eigenvalue weighted by molar-refractivity contribution is 9.10. The molecule has 1 aromatic carbocycles. The van der Waals surface area contributed by atoms with Crippen LogP contribution in [0.15, 0.2) is 34.9 Å². The van der Waals surface area contributed by atoms with E-state index in [0.717, 1.165) is 15.9 Å². The number of hydrogen-bond acceptors (Lipinski definition) is 2. The van der Waals surface area contributed by atoms with Gasteiger partial charge in [0.1, 0.15) is 0 Å². The SMILES string of the molecule is CC(Nc1cccc(Cl)c1Br)c1ccn[nH]1. The Bertz CT molecular complexity index is 470. The van der Waals surface area contributed by atoms with Crippen molar-refractivity contribution in [2.45, 2.75) is 13.0 Å². The third-order valence-corrected chi connectivity index (χ3v) is 3.71. The maximum atomic E-state index is 6.02. The number of benzene rings is 1. The minimum absolute atomic E-state index is 0.150. The van der Waals surface area contributed by atoms with Crippen LogP contribution in [-0.2, 0) is 0 Å². The summed E-state index contributed by atoms with van der Waals surface area (Å²) < 4.78 is 0.878. The molecule has 0 amide bonds. The normalized spacial score (nSPS) is 12.4. The zero-order chi connectivity index (χ0) is 11.5. The molecule has 5 heteroatoms. The summed E-state index contributed by atoms with van der Waals surface area (Å²) >= 11 is 9.47. The average Bonchev–Trinajstić information content (AvgIpc) is 2.78. The molecule has 0 saturated carbocycles. The predicted octanol–water partition coefficient (Wildman–Crippen LogP) is 4.00. The summed E-state index contributed by atoms with van der Waals surface area (Å²) in [7, 11) is 0. The Morgan fingerprint density at radius 3 is 2.94 bits per heavy atom. The van der Waals surface area contributed by atoms with Gasteiger partial charge in [0.2, 0.25) is 0 Å². The molecule has 16 heavy (non-hydrogen) atoms. The third kappa shape index (κ3) is 2.39. The Labute approximate surface area is 107 Å². The summed E-state index contributed by atoms with van der Waals surface area (Å²) in [5.74, 6) is 0. The molecule has 0 aliphatic carbocycles. The molecule has 1 aromatic heterocycles. The van der Waals surface area contributed by atoms with E-state index in [2.05, 4.69) is 38.4 Å². The highest BCUT2D eigenvalue weighted by Gasteiger charge is 2.09. The first-order valence-electron chi connectivity index (χ1n) is 4.88. The quantitative estimate of drug-likeness (QED) is 0.899. The second-order valence-corrected chi connectivity index (χ2v) is 4.68. The number of aromatic nitrogens is 2. The molecule has 2 aromatic rings. The lowest BCUT2D eigenvalue weighted by Crippen LogP contribution is -2.07. The number of rotatable bonds is 3. The van der Waals surface area contributed by atoms with Gasteiger partial charge in [-0.1, -0.05) is 17.7 Å². The van der Waals surface area contributed by atoms with E-state index in [1.807, 2.05) is 24.3 Å². The van der Waals surface area contributed by atoms with Gasteiger partial charge in [0.15, 0.2) is 0 Å². The van der Waals surface area contributed by atoms with E-state index < -0.39 is 0 Å². The molecule has 0 aliphatic rings. The molecule has 0 bridgehead atoms. The minimum Gasteiger partial charge on any atom is -0.376 e. The number of H-pyrrole nitrogens is 1. The molecule has 0 fully saturated rings. The van der Waals surface area contributed by atoms with Crippen molar-refractivity contribution in [3.05, 3.63) is 45.7 Å². The Kier molecular flexibility index (Phi) is 3.51. The second-order valence-electron chi connectivity index (χ2n) is 3.48. The van der Waals surface area contributed by atoms with E-state index in [9.17, 15) is 0 Å². The van der Waals surface area contributed by atoms with Gasteiger partial charge in [-0.15, -0.1) is 0 Å². The van der Waals surface area contributed by atoms with E-state index in [4.69, 9.17) is 11.6 Å². The van der Waals surface area contributed by atoms with Gasteiger partial charge < -0.3 is 5.32 Å². The van der Waals surface area contributed by atoms with Gasteiger partial charge in [-0.25, -0.2) is 0 Å². The van der Waals surface area contributed by atoms with Crippen LogP contribution in [0.3, 0.4) is 0 Å². The van der Waals surface area contributed by atoms with Crippen molar-refractivity contribution < 1.29 is 0 Å². The van der Waals surface area contributed by atoms with Crippen LogP contribution in [-0.4, -0.2) is 10.2 Å². The third-order valence-electron chi connectivity index (χ3n) is 2.31. The lowest BCUT2D eigenvalue weighted by molar-refractivity contribution is 0.825. The number of hydrogen-bond donors (Lipinski definition) is 2. The fourth-order valence-corrected chi connectivity index (χ4v) is 1.99. The van der Waals surface area contributed by atoms with Gasteiger partial charge in [0.25, 0.3) is 0 Å². The average molecular weight is 301 g/mol. The molecule has 1 heterocycles. The summed E-state index contributed by atoms with van der Waals surface area (Å²) in [5, 5.41) is 10.9. The largest absolute Gasteiger partial charge is 0.376 e. The zero-order valence-corrected chi connectivity index (χ0v) is 11.0. The van der Waals surface area contributed by atoms with Crippen LogP contribution in [0.1, 0.15) is 18.7 Å². The van der Waals surface area contributed by atoms with E-state index in [1.54, 1.807) is 6.20 Å². The topological polar surface area (TPSA) is 40.7 Å². The van der Waals surface area contributed by atoms with Crippen molar-refractivity contribution in [2.75, 3.05) is 5.32 Å². The smallest absolute Gasteiger partial charge is 0.0651 e. The summed E-state index contributed by atoms with van der Waals surface area (Å²) in [6, 6.07) is 7.82. The van der Waals surface area contributed by atoms with E-state index in [-0.39, 0.29) is 6.04 Å². The van der Waals surface area contributed by atoms with Crippen LogP contribution in [0.5, 0.6) is 0 Å². The highest BCUT2D eigenvalue weighted by atomic mass is 79.9. The van der Waals surface area contributed by atoms with E-state index in [1.165, 1.54) is 0 Å². The number of nitrogens with zero attached hydrogens (tertiary/aromatic N) is 1.